The number of hydrogen-bond acceptors (Lipinski definition) is 4. The average Bonchev–Trinajstić information content (AvgIpc) is 3.21. The fourth-order valence-corrected chi connectivity index (χ4v) is 2.74. The summed E-state index contributed by atoms with van der Waals surface area (Å²) in [6, 6.07) is 11.6. The minimum Gasteiger partial charge on any atom is -0.478 e. The largest absolute Gasteiger partial charge is 0.478 e. The molecular weight excluding hydrogens is 384 g/mol. The first kappa shape index (κ1) is 22.2. The van der Waals surface area contributed by atoms with Crippen LogP contribution in [0.5, 0.6) is 0 Å². The lowest BCUT2D eigenvalue weighted by atomic mass is 9.99. The molecule has 154 valence electrons. The lowest BCUT2D eigenvalue weighted by Gasteiger charge is -2.14. The van der Waals surface area contributed by atoms with Gasteiger partial charge in [-0.25, -0.2) is 18.4 Å². The van der Waals surface area contributed by atoms with Crippen molar-refractivity contribution in [1.29, 1.82) is 0 Å². The van der Waals surface area contributed by atoms with Gasteiger partial charge in [0.1, 0.15) is 0 Å². The van der Waals surface area contributed by atoms with Crippen molar-refractivity contribution >= 4 is 11.9 Å². The lowest BCUT2D eigenvalue weighted by molar-refractivity contribution is -0.134. The molecule has 1 aliphatic rings. The number of aliphatic carboxylic acids is 2. The van der Waals surface area contributed by atoms with Crippen LogP contribution in [-0.4, -0.2) is 41.3 Å². The number of carboxylic acids is 2. The van der Waals surface area contributed by atoms with Crippen molar-refractivity contribution in [3.8, 4) is 11.1 Å². The molecular formula is C21H21F2NO5. The summed E-state index contributed by atoms with van der Waals surface area (Å²) < 4.78 is 33.2. The molecule has 2 aromatic rings. The van der Waals surface area contributed by atoms with Crippen molar-refractivity contribution in [2.75, 3.05) is 13.1 Å². The first-order chi connectivity index (χ1) is 13.9. The van der Waals surface area contributed by atoms with Crippen molar-refractivity contribution < 1.29 is 33.3 Å². The predicted molar refractivity (Wildman–Crippen MR) is 102 cm³/mol. The zero-order valence-electron chi connectivity index (χ0n) is 15.5. The fourth-order valence-electron chi connectivity index (χ4n) is 2.74. The molecule has 0 aliphatic carbocycles. The number of carbonyl (C=O) groups is 2. The van der Waals surface area contributed by atoms with E-state index < -0.39 is 23.6 Å². The van der Waals surface area contributed by atoms with Gasteiger partial charge in [-0.3, -0.25) is 0 Å². The quantitative estimate of drug-likeness (QED) is 0.639. The van der Waals surface area contributed by atoms with Gasteiger partial charge in [-0.2, -0.15) is 0 Å². The Morgan fingerprint density at radius 3 is 2.31 bits per heavy atom. The predicted octanol–water partition coefficient (Wildman–Crippen LogP) is 3.22. The van der Waals surface area contributed by atoms with Gasteiger partial charge in [0, 0.05) is 24.3 Å². The van der Waals surface area contributed by atoms with E-state index >= 15 is 0 Å². The maximum absolute atomic E-state index is 14.0. The zero-order chi connectivity index (χ0) is 21.2. The molecule has 0 aromatic heterocycles. The Morgan fingerprint density at radius 1 is 1.03 bits per heavy atom. The molecule has 6 nitrogen and oxygen atoms in total. The molecule has 2 aromatic carbocycles. The van der Waals surface area contributed by atoms with Crippen LogP contribution >= 0.6 is 0 Å². The molecule has 8 heteroatoms. The molecule has 29 heavy (non-hydrogen) atoms. The highest BCUT2D eigenvalue weighted by Gasteiger charge is 2.17. The van der Waals surface area contributed by atoms with Gasteiger partial charge in [0.15, 0.2) is 11.6 Å². The number of halogens is 2. The van der Waals surface area contributed by atoms with E-state index in [1.54, 1.807) is 12.1 Å². The summed E-state index contributed by atoms with van der Waals surface area (Å²) in [5.74, 6) is -4.16. The average molecular weight is 405 g/mol. The molecule has 1 fully saturated rings. The highest BCUT2D eigenvalue weighted by atomic mass is 19.2. The van der Waals surface area contributed by atoms with E-state index in [0.717, 1.165) is 31.1 Å². The van der Waals surface area contributed by atoms with Crippen molar-refractivity contribution in [3.63, 3.8) is 0 Å². The van der Waals surface area contributed by atoms with Gasteiger partial charge in [-0.15, -0.1) is 0 Å². The third-order valence-electron chi connectivity index (χ3n) is 4.12. The summed E-state index contributed by atoms with van der Waals surface area (Å²) in [4.78, 5) is 19.1. The highest BCUT2D eigenvalue weighted by Crippen LogP contribution is 2.28. The summed E-state index contributed by atoms with van der Waals surface area (Å²) >= 11 is 0. The minimum atomic E-state index is -1.26. The Hall–Kier alpha value is -3.10. The minimum absolute atomic E-state index is 0.190. The summed E-state index contributed by atoms with van der Waals surface area (Å²) in [5.41, 5.74) is 1.83. The lowest BCUT2D eigenvalue weighted by Crippen LogP contribution is -2.16. The van der Waals surface area contributed by atoms with Gasteiger partial charge in [0.25, 0.3) is 0 Å². The van der Waals surface area contributed by atoms with E-state index in [-0.39, 0.29) is 11.7 Å². The summed E-state index contributed by atoms with van der Waals surface area (Å²) in [7, 11) is 0. The third-order valence-corrected chi connectivity index (χ3v) is 4.12. The summed E-state index contributed by atoms with van der Waals surface area (Å²) in [5, 5.41) is 18.9. The van der Waals surface area contributed by atoms with Gasteiger partial charge in [0.05, 0.1) is 12.7 Å². The maximum atomic E-state index is 14.0. The van der Waals surface area contributed by atoms with Crippen LogP contribution < -0.4 is 5.32 Å². The van der Waals surface area contributed by atoms with Gasteiger partial charge in [0.2, 0.25) is 0 Å². The van der Waals surface area contributed by atoms with Crippen LogP contribution in [0.25, 0.3) is 11.1 Å². The molecule has 0 amide bonds. The van der Waals surface area contributed by atoms with Crippen molar-refractivity contribution in [1.82, 2.24) is 5.32 Å². The smallest absolute Gasteiger partial charge is 0.328 e. The first-order valence-electron chi connectivity index (χ1n) is 8.87. The van der Waals surface area contributed by atoms with E-state index in [9.17, 15) is 18.4 Å². The Labute approximate surface area is 166 Å². The van der Waals surface area contributed by atoms with Gasteiger partial charge < -0.3 is 20.3 Å². The molecule has 0 bridgehead atoms. The van der Waals surface area contributed by atoms with Gasteiger partial charge >= 0.3 is 11.9 Å². The SMILES string of the molecule is Fc1cccc(-c2ccccc2CO[C@@H]2CCNC2)c1F.O=C(O)C=CC(=O)O. The van der Waals surface area contributed by atoms with Crippen LogP contribution in [0.3, 0.4) is 0 Å². The van der Waals surface area contributed by atoms with Crippen LogP contribution in [0.2, 0.25) is 0 Å². The fraction of sp³-hybridized carbons (Fsp3) is 0.238. The molecule has 1 saturated heterocycles. The Morgan fingerprint density at radius 2 is 1.69 bits per heavy atom. The molecule has 1 atom stereocenters. The summed E-state index contributed by atoms with van der Waals surface area (Å²) in [6.07, 6.45) is 2.29. The second-order valence-corrected chi connectivity index (χ2v) is 6.19. The standard InChI is InChI=1S/C17H17F2NO.C4H4O4/c18-16-7-3-6-15(17(16)19)14-5-2-1-4-12(14)11-21-13-8-9-20-10-13;5-3(6)1-2-4(7)8/h1-7,13,20H,8-11H2;1-2H,(H,5,6)(H,7,8)/t13-;/m1./s1. The molecule has 0 saturated carbocycles. The van der Waals surface area contributed by atoms with Gasteiger partial charge in [-0.05, 0) is 30.2 Å². The molecule has 1 heterocycles. The van der Waals surface area contributed by atoms with Crippen molar-refractivity contribution in [2.24, 2.45) is 0 Å². The molecule has 0 spiro atoms. The van der Waals surface area contributed by atoms with E-state index in [2.05, 4.69) is 5.32 Å². The Balaban J connectivity index is 0.000000321. The van der Waals surface area contributed by atoms with E-state index in [1.165, 1.54) is 6.07 Å². The van der Waals surface area contributed by atoms with Crippen LogP contribution in [0, 0.1) is 11.6 Å². The third kappa shape index (κ3) is 7.10. The molecule has 3 N–H and O–H groups in total. The first-order valence-corrected chi connectivity index (χ1v) is 8.87. The second kappa shape index (κ2) is 11.0. The van der Waals surface area contributed by atoms with Crippen LogP contribution in [-0.2, 0) is 20.9 Å². The normalized spacial score (nSPS) is 15.7. The molecule has 1 aliphatic heterocycles. The maximum Gasteiger partial charge on any atom is 0.328 e. The molecule has 0 unspecified atom stereocenters. The monoisotopic (exact) mass is 405 g/mol. The molecule has 3 rings (SSSR count). The zero-order valence-corrected chi connectivity index (χ0v) is 15.5. The molecule has 0 radical (unpaired) electrons. The highest BCUT2D eigenvalue weighted by molar-refractivity contribution is 5.89. The second-order valence-electron chi connectivity index (χ2n) is 6.19. The number of hydrogen-bond donors (Lipinski definition) is 3. The Kier molecular flexibility index (Phi) is 8.45. The van der Waals surface area contributed by atoms with E-state index in [4.69, 9.17) is 14.9 Å². The number of ether oxygens (including phenoxy) is 1. The van der Waals surface area contributed by atoms with Crippen LogP contribution in [0.4, 0.5) is 8.78 Å². The van der Waals surface area contributed by atoms with Crippen molar-refractivity contribution in [3.05, 3.63) is 71.8 Å². The number of nitrogens with one attached hydrogen (secondary N) is 1. The number of rotatable bonds is 6. The van der Waals surface area contributed by atoms with Crippen LogP contribution in [0.15, 0.2) is 54.6 Å². The van der Waals surface area contributed by atoms with Crippen LogP contribution in [0.1, 0.15) is 12.0 Å². The summed E-state index contributed by atoms with van der Waals surface area (Å²) in [6.45, 7) is 2.21. The topological polar surface area (TPSA) is 95.9 Å². The van der Waals surface area contributed by atoms with Gasteiger partial charge in [-0.1, -0.05) is 36.4 Å². The van der Waals surface area contributed by atoms with Crippen molar-refractivity contribution in [2.45, 2.75) is 19.1 Å². The number of benzene rings is 2. The van der Waals surface area contributed by atoms with E-state index in [1.807, 2.05) is 18.2 Å². The Bertz CT molecular complexity index is 863. The van der Waals surface area contributed by atoms with E-state index in [0.29, 0.717) is 24.3 Å². The number of carboxylic acid groups (broad SMARTS) is 2.